The molecule has 0 amide bonds. The average molecular weight is 281 g/mol. The predicted molar refractivity (Wildman–Crippen MR) is 78.6 cm³/mol. The molecule has 0 spiro atoms. The first-order chi connectivity index (χ1) is 9.65. The van der Waals surface area contributed by atoms with Crippen molar-refractivity contribution in [2.75, 3.05) is 19.8 Å². The molecule has 0 aromatic carbocycles. The zero-order valence-electron chi connectivity index (χ0n) is 12.9. The molecule has 0 aliphatic heterocycles. The maximum atomic E-state index is 5.71. The summed E-state index contributed by atoms with van der Waals surface area (Å²) in [5, 5.41) is 3.50. The molecule has 1 heterocycles. The molecule has 114 valence electrons. The van der Waals surface area contributed by atoms with Gasteiger partial charge in [-0.1, -0.05) is 13.8 Å². The Hall–Kier alpha value is -0.840. The summed E-state index contributed by atoms with van der Waals surface area (Å²) in [6.45, 7) is 9.77. The fourth-order valence-corrected chi connectivity index (χ4v) is 1.99. The molecule has 1 saturated carbocycles. The minimum Gasteiger partial charge on any atom is -0.464 e. The topological polar surface area (TPSA) is 43.6 Å². The van der Waals surface area contributed by atoms with E-state index in [4.69, 9.17) is 13.9 Å². The van der Waals surface area contributed by atoms with E-state index in [-0.39, 0.29) is 0 Å². The number of ether oxygens (including phenoxy) is 2. The molecule has 0 unspecified atom stereocenters. The fraction of sp³-hybridized carbons (Fsp3) is 0.750. The molecule has 4 nitrogen and oxygen atoms in total. The van der Waals surface area contributed by atoms with Gasteiger partial charge in [0.25, 0.3) is 0 Å². The van der Waals surface area contributed by atoms with Crippen molar-refractivity contribution >= 4 is 0 Å². The van der Waals surface area contributed by atoms with Gasteiger partial charge < -0.3 is 19.2 Å². The van der Waals surface area contributed by atoms with Crippen LogP contribution < -0.4 is 5.32 Å². The van der Waals surface area contributed by atoms with Crippen molar-refractivity contribution in [2.24, 2.45) is 5.92 Å². The van der Waals surface area contributed by atoms with Gasteiger partial charge >= 0.3 is 0 Å². The zero-order valence-corrected chi connectivity index (χ0v) is 12.9. The number of furan rings is 1. The highest BCUT2D eigenvalue weighted by molar-refractivity contribution is 5.20. The van der Waals surface area contributed by atoms with Crippen LogP contribution in [0.3, 0.4) is 0 Å². The highest BCUT2D eigenvalue weighted by Gasteiger charge is 2.20. The lowest BCUT2D eigenvalue weighted by Crippen LogP contribution is -2.15. The fourth-order valence-electron chi connectivity index (χ4n) is 1.99. The third-order valence-corrected chi connectivity index (χ3v) is 3.30. The third-order valence-electron chi connectivity index (χ3n) is 3.30. The molecule has 1 N–H and O–H groups in total. The number of nitrogens with one attached hydrogen (secondary N) is 1. The molecule has 20 heavy (non-hydrogen) atoms. The molecule has 2 rings (SSSR count). The van der Waals surface area contributed by atoms with Crippen LogP contribution in [-0.2, 0) is 22.6 Å². The van der Waals surface area contributed by atoms with Crippen molar-refractivity contribution in [1.29, 1.82) is 0 Å². The van der Waals surface area contributed by atoms with E-state index in [1.807, 2.05) is 6.92 Å². The van der Waals surface area contributed by atoms with Gasteiger partial charge in [0, 0.05) is 24.8 Å². The van der Waals surface area contributed by atoms with E-state index >= 15 is 0 Å². The van der Waals surface area contributed by atoms with Crippen LogP contribution in [0.25, 0.3) is 0 Å². The summed E-state index contributed by atoms with van der Waals surface area (Å²) in [6, 6.07) is 2.82. The highest BCUT2D eigenvalue weighted by atomic mass is 16.5. The molecular weight excluding hydrogens is 254 g/mol. The van der Waals surface area contributed by atoms with Gasteiger partial charge in [0.1, 0.15) is 18.1 Å². The second-order valence-corrected chi connectivity index (χ2v) is 5.97. The molecule has 0 bridgehead atoms. The van der Waals surface area contributed by atoms with Gasteiger partial charge in [0.05, 0.1) is 13.2 Å². The van der Waals surface area contributed by atoms with Crippen molar-refractivity contribution in [3.63, 3.8) is 0 Å². The summed E-state index contributed by atoms with van der Waals surface area (Å²) in [6.07, 6.45) is 2.62. The first kappa shape index (κ1) is 15.5. The van der Waals surface area contributed by atoms with Crippen molar-refractivity contribution in [3.05, 3.63) is 23.2 Å². The van der Waals surface area contributed by atoms with Crippen LogP contribution in [0.5, 0.6) is 0 Å². The molecule has 4 heteroatoms. The molecule has 0 atom stereocenters. The van der Waals surface area contributed by atoms with E-state index in [0.717, 1.165) is 30.7 Å². The lowest BCUT2D eigenvalue weighted by molar-refractivity contribution is 0.0262. The Morgan fingerprint density at radius 3 is 2.75 bits per heavy atom. The summed E-state index contributed by atoms with van der Waals surface area (Å²) in [7, 11) is 0. The van der Waals surface area contributed by atoms with Gasteiger partial charge in [-0.15, -0.1) is 0 Å². The molecule has 1 aromatic heterocycles. The van der Waals surface area contributed by atoms with Crippen LogP contribution in [0, 0.1) is 12.8 Å². The van der Waals surface area contributed by atoms with Gasteiger partial charge in [-0.25, -0.2) is 0 Å². The van der Waals surface area contributed by atoms with Gasteiger partial charge in [-0.3, -0.25) is 0 Å². The summed E-state index contributed by atoms with van der Waals surface area (Å²) in [5.74, 6) is 2.47. The van der Waals surface area contributed by atoms with Gasteiger partial charge in [-0.2, -0.15) is 0 Å². The van der Waals surface area contributed by atoms with Crippen molar-refractivity contribution < 1.29 is 13.9 Å². The minimum absolute atomic E-state index is 0.523. The Bertz CT molecular complexity index is 396. The van der Waals surface area contributed by atoms with Gasteiger partial charge in [-0.05, 0) is 31.7 Å². The molecule has 1 fully saturated rings. The summed E-state index contributed by atoms with van der Waals surface area (Å²) in [5.41, 5.74) is 1.24. The van der Waals surface area contributed by atoms with E-state index in [0.29, 0.717) is 25.7 Å². The Morgan fingerprint density at radius 1 is 1.30 bits per heavy atom. The second-order valence-electron chi connectivity index (χ2n) is 5.97. The monoisotopic (exact) mass is 281 g/mol. The smallest absolute Gasteiger partial charge is 0.130 e. The van der Waals surface area contributed by atoms with Crippen molar-refractivity contribution in [1.82, 2.24) is 5.32 Å². The summed E-state index contributed by atoms with van der Waals surface area (Å²) >= 11 is 0. The Balaban J connectivity index is 1.61. The Labute approximate surface area is 121 Å². The van der Waals surface area contributed by atoms with E-state index in [1.54, 1.807) is 0 Å². The Morgan fingerprint density at radius 2 is 2.05 bits per heavy atom. The van der Waals surface area contributed by atoms with Crippen LogP contribution in [0.4, 0.5) is 0 Å². The van der Waals surface area contributed by atoms with Gasteiger partial charge in [0.2, 0.25) is 0 Å². The highest BCUT2D eigenvalue weighted by Crippen LogP contribution is 2.21. The summed E-state index contributed by atoms with van der Waals surface area (Å²) in [4.78, 5) is 0. The van der Waals surface area contributed by atoms with Gasteiger partial charge in [0.15, 0.2) is 0 Å². The quantitative estimate of drug-likeness (QED) is 0.670. The van der Waals surface area contributed by atoms with Crippen molar-refractivity contribution in [2.45, 2.75) is 52.8 Å². The standard InChI is InChI=1S/C16H27NO3/c1-12(2)10-18-6-7-19-11-16-8-14(13(3)20-16)9-17-15-4-5-15/h8,12,15,17H,4-7,9-11H2,1-3H3. The number of aryl methyl sites for hydroxylation is 1. The second kappa shape index (κ2) is 7.81. The summed E-state index contributed by atoms with van der Waals surface area (Å²) < 4.78 is 16.7. The molecule has 0 saturated heterocycles. The molecular formula is C16H27NO3. The van der Waals surface area contributed by atoms with Crippen LogP contribution in [-0.4, -0.2) is 25.9 Å². The first-order valence-corrected chi connectivity index (χ1v) is 7.62. The Kier molecular flexibility index (Phi) is 6.07. The lowest BCUT2D eigenvalue weighted by Gasteiger charge is -2.06. The minimum atomic E-state index is 0.523. The lowest BCUT2D eigenvalue weighted by atomic mass is 10.2. The average Bonchev–Trinajstić information content (AvgIpc) is 3.15. The molecule has 1 aliphatic rings. The van der Waals surface area contributed by atoms with E-state index in [2.05, 4.69) is 25.2 Å². The molecule has 0 radical (unpaired) electrons. The van der Waals surface area contributed by atoms with E-state index in [1.165, 1.54) is 18.4 Å². The molecule has 1 aromatic rings. The largest absolute Gasteiger partial charge is 0.464 e. The van der Waals surface area contributed by atoms with Crippen LogP contribution in [0.2, 0.25) is 0 Å². The maximum absolute atomic E-state index is 5.71. The third kappa shape index (κ3) is 5.65. The number of rotatable bonds is 10. The van der Waals surface area contributed by atoms with Crippen LogP contribution in [0.1, 0.15) is 43.8 Å². The van der Waals surface area contributed by atoms with Crippen molar-refractivity contribution in [3.8, 4) is 0 Å². The normalized spacial score (nSPS) is 15.2. The number of hydrogen-bond acceptors (Lipinski definition) is 4. The SMILES string of the molecule is Cc1oc(COCCOCC(C)C)cc1CNC1CC1. The maximum Gasteiger partial charge on any atom is 0.130 e. The van der Waals surface area contributed by atoms with E-state index < -0.39 is 0 Å². The van der Waals surface area contributed by atoms with Crippen LogP contribution in [0.15, 0.2) is 10.5 Å². The van der Waals surface area contributed by atoms with Crippen LogP contribution >= 0.6 is 0 Å². The first-order valence-electron chi connectivity index (χ1n) is 7.62. The predicted octanol–water partition coefficient (Wildman–Crippen LogP) is 3.03. The zero-order chi connectivity index (χ0) is 14.4. The van der Waals surface area contributed by atoms with E-state index in [9.17, 15) is 0 Å². The molecule has 1 aliphatic carbocycles. The number of hydrogen-bond donors (Lipinski definition) is 1.